The number of hydrogen-bond donors (Lipinski definition) is 3. The number of carbonyl (C=O) groups is 1. The van der Waals surface area contributed by atoms with Crippen molar-refractivity contribution in [3.8, 4) is 5.75 Å². The van der Waals surface area contributed by atoms with E-state index in [9.17, 15) is 14.3 Å². The molecule has 0 bridgehead atoms. The summed E-state index contributed by atoms with van der Waals surface area (Å²) in [5, 5.41) is 18.3. The summed E-state index contributed by atoms with van der Waals surface area (Å²) in [4.78, 5) is 10.7. The average molecular weight is 278 g/mol. The zero-order chi connectivity index (χ0) is 11.6. The molecule has 4 N–H and O–H groups in total. The predicted octanol–water partition coefficient (Wildman–Crippen LogP) is 1.82. The van der Waals surface area contributed by atoms with Gasteiger partial charge in [0.25, 0.3) is 0 Å². The van der Waals surface area contributed by atoms with E-state index in [2.05, 4.69) is 15.9 Å². The van der Waals surface area contributed by atoms with Gasteiger partial charge in [-0.3, -0.25) is 0 Å². The number of carboxylic acids is 1. The molecular formula is C9H9BrFNO3. The number of aromatic hydroxyl groups is 1. The summed E-state index contributed by atoms with van der Waals surface area (Å²) < 4.78 is 12.7. The molecule has 0 aliphatic carbocycles. The minimum absolute atomic E-state index is 0.0670. The number of benzene rings is 1. The van der Waals surface area contributed by atoms with Gasteiger partial charge in [-0.2, -0.15) is 0 Å². The number of carboxylic acid groups (broad SMARTS) is 1. The SMILES string of the molecule is N[C@@H](CF)c1c(Br)ccc(C(=O)O)c1O. The van der Waals surface area contributed by atoms with E-state index in [1.165, 1.54) is 12.1 Å². The van der Waals surface area contributed by atoms with E-state index in [4.69, 9.17) is 10.8 Å². The van der Waals surface area contributed by atoms with Crippen LogP contribution in [0.25, 0.3) is 0 Å². The van der Waals surface area contributed by atoms with Gasteiger partial charge in [0.1, 0.15) is 18.0 Å². The minimum Gasteiger partial charge on any atom is -0.507 e. The molecule has 0 unspecified atom stereocenters. The van der Waals surface area contributed by atoms with Crippen molar-refractivity contribution >= 4 is 21.9 Å². The van der Waals surface area contributed by atoms with Gasteiger partial charge in [-0.25, -0.2) is 9.18 Å². The Kier molecular flexibility index (Phi) is 3.65. The van der Waals surface area contributed by atoms with Crippen molar-refractivity contribution in [2.24, 2.45) is 5.73 Å². The van der Waals surface area contributed by atoms with Crippen LogP contribution in [-0.2, 0) is 0 Å². The van der Waals surface area contributed by atoms with Crippen LogP contribution in [0.5, 0.6) is 5.75 Å². The summed E-state index contributed by atoms with van der Waals surface area (Å²) in [6.45, 7) is -0.880. The summed E-state index contributed by atoms with van der Waals surface area (Å²) in [6.07, 6.45) is 0. The molecule has 1 aromatic rings. The first kappa shape index (κ1) is 11.9. The second kappa shape index (κ2) is 4.59. The smallest absolute Gasteiger partial charge is 0.339 e. The van der Waals surface area contributed by atoms with E-state index in [1.54, 1.807) is 0 Å². The van der Waals surface area contributed by atoms with E-state index in [-0.39, 0.29) is 11.1 Å². The zero-order valence-electron chi connectivity index (χ0n) is 7.58. The summed E-state index contributed by atoms with van der Waals surface area (Å²) >= 11 is 3.07. The van der Waals surface area contributed by atoms with Gasteiger partial charge < -0.3 is 15.9 Å². The van der Waals surface area contributed by atoms with E-state index >= 15 is 0 Å². The molecule has 6 heteroatoms. The van der Waals surface area contributed by atoms with Crippen LogP contribution in [0.15, 0.2) is 16.6 Å². The predicted molar refractivity (Wildman–Crippen MR) is 55.7 cm³/mol. The molecule has 1 rings (SSSR count). The molecule has 0 fully saturated rings. The maximum Gasteiger partial charge on any atom is 0.339 e. The molecule has 82 valence electrons. The monoisotopic (exact) mass is 277 g/mol. The first-order valence-electron chi connectivity index (χ1n) is 4.05. The van der Waals surface area contributed by atoms with E-state index in [1.807, 2.05) is 0 Å². The highest BCUT2D eigenvalue weighted by Gasteiger charge is 2.20. The van der Waals surface area contributed by atoms with Crippen LogP contribution in [0.1, 0.15) is 22.0 Å². The fourth-order valence-electron chi connectivity index (χ4n) is 1.19. The second-order valence-electron chi connectivity index (χ2n) is 2.92. The van der Waals surface area contributed by atoms with Gasteiger partial charge >= 0.3 is 5.97 Å². The molecule has 15 heavy (non-hydrogen) atoms. The van der Waals surface area contributed by atoms with Crippen LogP contribution in [0.3, 0.4) is 0 Å². The highest BCUT2D eigenvalue weighted by Crippen LogP contribution is 2.33. The largest absolute Gasteiger partial charge is 0.507 e. The van der Waals surface area contributed by atoms with Crippen molar-refractivity contribution in [3.05, 3.63) is 27.7 Å². The number of hydrogen-bond acceptors (Lipinski definition) is 3. The van der Waals surface area contributed by atoms with Gasteiger partial charge in [0.15, 0.2) is 0 Å². The van der Waals surface area contributed by atoms with Gasteiger partial charge in [0.05, 0.1) is 6.04 Å². The van der Waals surface area contributed by atoms with E-state index < -0.39 is 24.4 Å². The van der Waals surface area contributed by atoms with Gasteiger partial charge in [-0.15, -0.1) is 0 Å². The number of phenols is 1. The Morgan fingerprint density at radius 2 is 2.20 bits per heavy atom. The lowest BCUT2D eigenvalue weighted by Gasteiger charge is -2.13. The molecule has 0 aliphatic rings. The molecule has 0 saturated carbocycles. The molecule has 0 heterocycles. The van der Waals surface area contributed by atoms with Crippen LogP contribution < -0.4 is 5.73 Å². The topological polar surface area (TPSA) is 83.6 Å². The Morgan fingerprint density at radius 3 is 2.67 bits per heavy atom. The molecule has 0 aliphatic heterocycles. The Hall–Kier alpha value is -1.14. The number of alkyl halides is 1. The number of aromatic carboxylic acids is 1. The number of rotatable bonds is 3. The quantitative estimate of drug-likeness (QED) is 0.787. The highest BCUT2D eigenvalue weighted by atomic mass is 79.9. The molecule has 1 aromatic carbocycles. The summed E-state index contributed by atoms with van der Waals surface area (Å²) in [6, 6.07) is 1.59. The van der Waals surface area contributed by atoms with Crippen molar-refractivity contribution in [3.63, 3.8) is 0 Å². The van der Waals surface area contributed by atoms with Crippen LogP contribution in [0.2, 0.25) is 0 Å². The van der Waals surface area contributed by atoms with Gasteiger partial charge in [0, 0.05) is 10.0 Å². The lowest BCUT2D eigenvalue weighted by Crippen LogP contribution is -2.14. The molecule has 4 nitrogen and oxygen atoms in total. The maximum absolute atomic E-state index is 12.4. The fourth-order valence-corrected chi connectivity index (χ4v) is 1.80. The number of halogens is 2. The summed E-state index contributed by atoms with van der Waals surface area (Å²) in [7, 11) is 0. The minimum atomic E-state index is -1.28. The molecule has 0 radical (unpaired) electrons. The zero-order valence-corrected chi connectivity index (χ0v) is 9.16. The Morgan fingerprint density at radius 1 is 1.60 bits per heavy atom. The molecular weight excluding hydrogens is 269 g/mol. The Bertz CT molecular complexity index is 397. The average Bonchev–Trinajstić information content (AvgIpc) is 2.16. The van der Waals surface area contributed by atoms with Crippen LogP contribution in [0.4, 0.5) is 4.39 Å². The van der Waals surface area contributed by atoms with E-state index in [0.29, 0.717) is 4.47 Å². The lowest BCUT2D eigenvalue weighted by atomic mass is 10.0. The first-order valence-corrected chi connectivity index (χ1v) is 4.84. The molecule has 1 atom stereocenters. The van der Waals surface area contributed by atoms with Gasteiger partial charge in [0.2, 0.25) is 0 Å². The third kappa shape index (κ3) is 2.27. The second-order valence-corrected chi connectivity index (χ2v) is 3.78. The maximum atomic E-state index is 12.4. The molecule has 0 spiro atoms. The number of nitrogens with two attached hydrogens (primary N) is 1. The summed E-state index contributed by atoms with van der Waals surface area (Å²) in [5.74, 6) is -1.78. The van der Waals surface area contributed by atoms with Crippen molar-refractivity contribution in [2.75, 3.05) is 6.67 Å². The molecule has 0 saturated heterocycles. The summed E-state index contributed by atoms with van der Waals surface area (Å²) in [5.41, 5.74) is 5.18. The van der Waals surface area contributed by atoms with Crippen LogP contribution in [-0.4, -0.2) is 22.9 Å². The third-order valence-electron chi connectivity index (χ3n) is 1.93. The van der Waals surface area contributed by atoms with Crippen molar-refractivity contribution in [2.45, 2.75) is 6.04 Å². The van der Waals surface area contributed by atoms with Crippen molar-refractivity contribution in [1.29, 1.82) is 0 Å². The normalized spacial score (nSPS) is 12.5. The van der Waals surface area contributed by atoms with Crippen molar-refractivity contribution < 1.29 is 19.4 Å². The van der Waals surface area contributed by atoms with E-state index in [0.717, 1.165) is 0 Å². The lowest BCUT2D eigenvalue weighted by molar-refractivity contribution is 0.0693. The standard InChI is InChI=1S/C9H9BrFNO3/c10-5-2-1-4(9(14)15)8(13)7(5)6(12)3-11/h1-2,6,13H,3,12H2,(H,14,15)/t6-/m0/s1. The Labute approximate surface area is 93.6 Å². The first-order chi connectivity index (χ1) is 6.99. The molecule has 0 aromatic heterocycles. The third-order valence-corrected chi connectivity index (χ3v) is 2.62. The fraction of sp³-hybridized carbons (Fsp3) is 0.222. The van der Waals surface area contributed by atoms with Crippen LogP contribution >= 0.6 is 15.9 Å². The molecule has 0 amide bonds. The van der Waals surface area contributed by atoms with Crippen LogP contribution in [0, 0.1) is 0 Å². The van der Waals surface area contributed by atoms with Gasteiger partial charge in [-0.1, -0.05) is 15.9 Å². The van der Waals surface area contributed by atoms with Crippen molar-refractivity contribution in [1.82, 2.24) is 0 Å². The Balaban J connectivity index is 3.36. The highest BCUT2D eigenvalue weighted by molar-refractivity contribution is 9.10. The van der Waals surface area contributed by atoms with Gasteiger partial charge in [-0.05, 0) is 12.1 Å².